The average Bonchev–Trinajstić information content (AvgIpc) is 2.26. The van der Waals surface area contributed by atoms with E-state index in [4.69, 9.17) is 5.11 Å². The smallest absolute Gasteiger partial charge is 0.404 e. The molecule has 1 atom stereocenters. The van der Waals surface area contributed by atoms with Crippen molar-refractivity contribution in [2.75, 3.05) is 6.54 Å². The van der Waals surface area contributed by atoms with Crippen LogP contribution in [0.5, 0.6) is 0 Å². The Morgan fingerprint density at radius 3 is 2.53 bits per heavy atom. The molecule has 0 bridgehead atoms. The van der Waals surface area contributed by atoms with Gasteiger partial charge in [-0.3, -0.25) is 0 Å². The lowest BCUT2D eigenvalue weighted by molar-refractivity contribution is 0.162. The minimum atomic E-state index is -1.07. The molecule has 106 valence electrons. The van der Waals surface area contributed by atoms with E-state index < -0.39 is 12.2 Å². The molecule has 0 aliphatic carbocycles. The molecule has 1 aromatic carbocycles. The summed E-state index contributed by atoms with van der Waals surface area (Å²) in [6, 6.07) is 5.77. The molecule has 0 saturated heterocycles. The van der Waals surface area contributed by atoms with Gasteiger partial charge in [-0.2, -0.15) is 0 Å². The molecule has 1 rings (SSSR count). The summed E-state index contributed by atoms with van der Waals surface area (Å²) >= 11 is 3.52. The highest BCUT2D eigenvalue weighted by Gasteiger charge is 2.18. The average molecular weight is 330 g/mol. The van der Waals surface area contributed by atoms with Crippen molar-refractivity contribution in [1.82, 2.24) is 5.32 Å². The van der Waals surface area contributed by atoms with Crippen LogP contribution in [0.25, 0.3) is 0 Å². The van der Waals surface area contributed by atoms with Crippen molar-refractivity contribution >= 4 is 22.0 Å². The SMILES string of the molecule is CC(C)(C)c1ccc(C(O)CCNC(=O)O)cc1Br. The van der Waals surface area contributed by atoms with E-state index in [0.717, 1.165) is 10.0 Å². The molecule has 4 nitrogen and oxygen atoms in total. The monoisotopic (exact) mass is 329 g/mol. The molecule has 0 aromatic heterocycles. The minimum Gasteiger partial charge on any atom is -0.465 e. The fraction of sp³-hybridized carbons (Fsp3) is 0.500. The molecular weight excluding hydrogens is 310 g/mol. The van der Waals surface area contributed by atoms with Crippen LogP contribution in [-0.2, 0) is 5.41 Å². The maximum atomic E-state index is 10.3. The topological polar surface area (TPSA) is 69.6 Å². The highest BCUT2D eigenvalue weighted by Crippen LogP contribution is 2.32. The van der Waals surface area contributed by atoms with Crippen LogP contribution < -0.4 is 5.32 Å². The summed E-state index contributed by atoms with van der Waals surface area (Å²) in [6.45, 7) is 6.61. The van der Waals surface area contributed by atoms with E-state index in [1.54, 1.807) is 0 Å². The molecule has 1 aromatic rings. The number of carboxylic acid groups (broad SMARTS) is 1. The number of aliphatic hydroxyl groups is 1. The van der Waals surface area contributed by atoms with Gasteiger partial charge >= 0.3 is 6.09 Å². The quantitative estimate of drug-likeness (QED) is 0.792. The predicted molar refractivity (Wildman–Crippen MR) is 78.4 cm³/mol. The molecule has 1 unspecified atom stereocenters. The highest BCUT2D eigenvalue weighted by atomic mass is 79.9. The van der Waals surface area contributed by atoms with E-state index in [1.807, 2.05) is 18.2 Å². The predicted octanol–water partition coefficient (Wildman–Crippen LogP) is 3.44. The van der Waals surface area contributed by atoms with Gasteiger partial charge in [-0.25, -0.2) is 4.79 Å². The zero-order valence-corrected chi connectivity index (χ0v) is 13.0. The summed E-state index contributed by atoms with van der Waals surface area (Å²) in [5, 5.41) is 20.7. The van der Waals surface area contributed by atoms with Gasteiger partial charge < -0.3 is 15.5 Å². The van der Waals surface area contributed by atoms with Crippen LogP contribution in [-0.4, -0.2) is 22.9 Å². The fourth-order valence-electron chi connectivity index (χ4n) is 1.83. The number of nitrogens with one attached hydrogen (secondary N) is 1. The van der Waals surface area contributed by atoms with Crippen molar-refractivity contribution in [3.05, 3.63) is 33.8 Å². The van der Waals surface area contributed by atoms with Crippen molar-refractivity contribution in [3.63, 3.8) is 0 Å². The first kappa shape index (κ1) is 16.0. The Hall–Kier alpha value is -1.07. The second-order valence-electron chi connectivity index (χ2n) is 5.53. The zero-order chi connectivity index (χ0) is 14.6. The van der Waals surface area contributed by atoms with Gasteiger partial charge in [0.1, 0.15) is 0 Å². The molecule has 0 fully saturated rings. The third kappa shape index (κ3) is 4.84. The van der Waals surface area contributed by atoms with Gasteiger partial charge in [-0.1, -0.05) is 48.8 Å². The van der Waals surface area contributed by atoms with Gasteiger partial charge in [0, 0.05) is 11.0 Å². The Morgan fingerprint density at radius 2 is 2.05 bits per heavy atom. The lowest BCUT2D eigenvalue weighted by Gasteiger charge is -2.22. The Morgan fingerprint density at radius 1 is 1.42 bits per heavy atom. The molecule has 19 heavy (non-hydrogen) atoms. The number of carbonyl (C=O) groups is 1. The lowest BCUT2D eigenvalue weighted by Crippen LogP contribution is -2.23. The van der Waals surface area contributed by atoms with Crippen molar-refractivity contribution in [2.45, 2.75) is 38.7 Å². The maximum Gasteiger partial charge on any atom is 0.404 e. The van der Waals surface area contributed by atoms with E-state index in [1.165, 1.54) is 5.56 Å². The summed E-state index contributed by atoms with van der Waals surface area (Å²) in [7, 11) is 0. The number of halogens is 1. The standard InChI is InChI=1S/C14H20BrNO3/c1-14(2,3)10-5-4-9(8-11(10)15)12(17)6-7-16-13(18)19/h4-5,8,12,16-17H,6-7H2,1-3H3,(H,18,19). The van der Waals surface area contributed by atoms with Gasteiger partial charge in [0.25, 0.3) is 0 Å². The third-order valence-corrected chi connectivity index (χ3v) is 3.54. The Bertz CT molecular complexity index is 454. The molecular formula is C14H20BrNO3. The normalized spacial score (nSPS) is 13.1. The fourth-order valence-corrected chi connectivity index (χ4v) is 2.82. The van der Waals surface area contributed by atoms with Crippen LogP contribution in [0.4, 0.5) is 4.79 Å². The second kappa shape index (κ2) is 6.39. The van der Waals surface area contributed by atoms with E-state index in [-0.39, 0.29) is 12.0 Å². The van der Waals surface area contributed by atoms with Crippen LogP contribution in [0, 0.1) is 0 Å². The molecule has 0 aliphatic rings. The van der Waals surface area contributed by atoms with Crippen molar-refractivity contribution in [3.8, 4) is 0 Å². The maximum absolute atomic E-state index is 10.3. The molecule has 0 heterocycles. The largest absolute Gasteiger partial charge is 0.465 e. The molecule has 0 spiro atoms. The number of benzene rings is 1. The first-order valence-corrected chi connectivity index (χ1v) is 6.96. The number of hydrogen-bond donors (Lipinski definition) is 3. The number of rotatable bonds is 4. The van der Waals surface area contributed by atoms with E-state index in [0.29, 0.717) is 6.42 Å². The lowest BCUT2D eigenvalue weighted by atomic mass is 9.86. The Labute approximate surface area is 122 Å². The molecule has 3 N–H and O–H groups in total. The second-order valence-corrected chi connectivity index (χ2v) is 6.38. The van der Waals surface area contributed by atoms with E-state index >= 15 is 0 Å². The van der Waals surface area contributed by atoms with Gasteiger partial charge in [0.2, 0.25) is 0 Å². The van der Waals surface area contributed by atoms with Crippen LogP contribution in [0.3, 0.4) is 0 Å². The molecule has 1 amide bonds. The summed E-state index contributed by atoms with van der Waals surface area (Å²) in [5.41, 5.74) is 1.99. The summed E-state index contributed by atoms with van der Waals surface area (Å²) < 4.78 is 0.961. The number of hydrogen-bond acceptors (Lipinski definition) is 2. The van der Waals surface area contributed by atoms with Crippen molar-refractivity contribution in [1.29, 1.82) is 0 Å². The molecule has 0 aliphatic heterocycles. The number of aliphatic hydroxyl groups excluding tert-OH is 1. The van der Waals surface area contributed by atoms with Crippen LogP contribution in [0.2, 0.25) is 0 Å². The third-order valence-electron chi connectivity index (χ3n) is 2.88. The molecule has 0 radical (unpaired) electrons. The first-order chi connectivity index (χ1) is 8.71. The number of amides is 1. The van der Waals surface area contributed by atoms with Crippen LogP contribution >= 0.6 is 15.9 Å². The van der Waals surface area contributed by atoms with Gasteiger partial charge in [0.05, 0.1) is 6.10 Å². The Kier molecular flexibility index (Phi) is 5.38. The highest BCUT2D eigenvalue weighted by molar-refractivity contribution is 9.10. The summed E-state index contributed by atoms with van der Waals surface area (Å²) in [4.78, 5) is 10.3. The minimum absolute atomic E-state index is 0.0349. The van der Waals surface area contributed by atoms with E-state index in [9.17, 15) is 9.90 Å². The van der Waals surface area contributed by atoms with Gasteiger partial charge in [-0.15, -0.1) is 0 Å². The van der Waals surface area contributed by atoms with Crippen LogP contribution in [0.1, 0.15) is 44.4 Å². The first-order valence-electron chi connectivity index (χ1n) is 6.16. The van der Waals surface area contributed by atoms with Crippen molar-refractivity contribution in [2.24, 2.45) is 0 Å². The van der Waals surface area contributed by atoms with Gasteiger partial charge in [-0.05, 0) is 29.0 Å². The summed E-state index contributed by atoms with van der Waals surface area (Å²) in [6.07, 6.45) is -1.39. The van der Waals surface area contributed by atoms with Crippen LogP contribution in [0.15, 0.2) is 22.7 Å². The molecule has 5 heteroatoms. The Balaban J connectivity index is 2.75. The van der Waals surface area contributed by atoms with E-state index in [2.05, 4.69) is 42.0 Å². The summed E-state index contributed by atoms with van der Waals surface area (Å²) in [5.74, 6) is 0. The zero-order valence-electron chi connectivity index (χ0n) is 11.4. The van der Waals surface area contributed by atoms with Gasteiger partial charge in [0.15, 0.2) is 0 Å². The molecule has 0 saturated carbocycles. The van der Waals surface area contributed by atoms with Crippen molar-refractivity contribution < 1.29 is 15.0 Å².